The van der Waals surface area contributed by atoms with Crippen LogP contribution >= 0.6 is 0 Å². The van der Waals surface area contributed by atoms with E-state index in [0.29, 0.717) is 19.6 Å². The zero-order chi connectivity index (χ0) is 12.3. The van der Waals surface area contributed by atoms with Crippen LogP contribution in [0.2, 0.25) is 0 Å². The molecule has 5 nitrogen and oxygen atoms in total. The standard InChI is InChI=1S/C12H15NO4/c14-12(10-5-6-17-8-10)7-9-1-3-11(4-2-9)13(15)16/h1-4,10,12,14H,5-8H2. The van der Waals surface area contributed by atoms with Gasteiger partial charge in [0, 0.05) is 24.7 Å². The van der Waals surface area contributed by atoms with Gasteiger partial charge in [-0.1, -0.05) is 12.1 Å². The minimum atomic E-state index is -0.432. The topological polar surface area (TPSA) is 72.6 Å². The molecular weight excluding hydrogens is 222 g/mol. The number of nitrogens with zero attached hydrogens (tertiary/aromatic N) is 1. The zero-order valence-corrected chi connectivity index (χ0v) is 9.41. The first-order valence-corrected chi connectivity index (χ1v) is 5.66. The van der Waals surface area contributed by atoms with Crippen molar-refractivity contribution in [3.05, 3.63) is 39.9 Å². The van der Waals surface area contributed by atoms with E-state index in [-0.39, 0.29) is 11.6 Å². The van der Waals surface area contributed by atoms with E-state index in [1.807, 2.05) is 0 Å². The normalized spacial score (nSPS) is 21.4. The maximum atomic E-state index is 10.5. The van der Waals surface area contributed by atoms with E-state index in [2.05, 4.69) is 0 Å². The van der Waals surface area contributed by atoms with Crippen molar-refractivity contribution >= 4 is 5.69 Å². The number of hydrogen-bond acceptors (Lipinski definition) is 4. The molecule has 0 spiro atoms. The van der Waals surface area contributed by atoms with E-state index in [1.54, 1.807) is 12.1 Å². The summed E-state index contributed by atoms with van der Waals surface area (Å²) in [5.74, 6) is 0.185. The molecule has 1 fully saturated rings. The van der Waals surface area contributed by atoms with Gasteiger partial charge in [0.1, 0.15) is 0 Å². The highest BCUT2D eigenvalue weighted by Gasteiger charge is 2.24. The highest BCUT2D eigenvalue weighted by Crippen LogP contribution is 2.20. The molecule has 0 aromatic heterocycles. The van der Waals surface area contributed by atoms with Gasteiger partial charge in [-0.25, -0.2) is 0 Å². The van der Waals surface area contributed by atoms with Crippen molar-refractivity contribution in [1.29, 1.82) is 0 Å². The summed E-state index contributed by atoms with van der Waals surface area (Å²) in [5, 5.41) is 20.5. The fourth-order valence-corrected chi connectivity index (χ4v) is 2.02. The summed E-state index contributed by atoms with van der Waals surface area (Å²) < 4.78 is 5.22. The average Bonchev–Trinajstić information content (AvgIpc) is 2.83. The Morgan fingerprint density at radius 1 is 1.47 bits per heavy atom. The molecule has 0 aliphatic carbocycles. The lowest BCUT2D eigenvalue weighted by Gasteiger charge is -2.16. The number of ether oxygens (including phenoxy) is 1. The number of hydrogen-bond donors (Lipinski definition) is 1. The first kappa shape index (κ1) is 12.0. The number of benzene rings is 1. The third kappa shape index (κ3) is 3.01. The van der Waals surface area contributed by atoms with Crippen LogP contribution in [0.5, 0.6) is 0 Å². The van der Waals surface area contributed by atoms with Gasteiger partial charge in [-0.15, -0.1) is 0 Å². The predicted octanol–water partition coefficient (Wildman–Crippen LogP) is 1.53. The van der Waals surface area contributed by atoms with Crippen molar-refractivity contribution in [1.82, 2.24) is 0 Å². The van der Waals surface area contributed by atoms with Gasteiger partial charge in [0.15, 0.2) is 0 Å². The molecule has 2 rings (SSSR count). The van der Waals surface area contributed by atoms with Crippen LogP contribution in [-0.2, 0) is 11.2 Å². The molecule has 0 saturated carbocycles. The number of aliphatic hydroxyl groups is 1. The SMILES string of the molecule is O=[N+]([O-])c1ccc(CC(O)C2CCOC2)cc1. The Bertz CT molecular complexity index is 384. The Labute approximate surface area is 99.2 Å². The molecule has 1 saturated heterocycles. The van der Waals surface area contributed by atoms with Crippen molar-refractivity contribution in [3.63, 3.8) is 0 Å². The van der Waals surface area contributed by atoms with Gasteiger partial charge in [-0.3, -0.25) is 10.1 Å². The molecule has 92 valence electrons. The second kappa shape index (κ2) is 5.25. The van der Waals surface area contributed by atoms with E-state index in [9.17, 15) is 15.2 Å². The molecule has 1 aromatic carbocycles. The maximum absolute atomic E-state index is 10.5. The van der Waals surface area contributed by atoms with Gasteiger partial charge >= 0.3 is 0 Å². The summed E-state index contributed by atoms with van der Waals surface area (Å²) >= 11 is 0. The largest absolute Gasteiger partial charge is 0.392 e. The molecule has 0 radical (unpaired) electrons. The number of aliphatic hydroxyl groups excluding tert-OH is 1. The van der Waals surface area contributed by atoms with Crippen LogP contribution in [0.3, 0.4) is 0 Å². The van der Waals surface area contributed by atoms with Gasteiger partial charge in [-0.2, -0.15) is 0 Å². The van der Waals surface area contributed by atoms with Crippen molar-refractivity contribution < 1.29 is 14.8 Å². The molecular formula is C12H15NO4. The zero-order valence-electron chi connectivity index (χ0n) is 9.41. The van der Waals surface area contributed by atoms with E-state index in [1.165, 1.54) is 12.1 Å². The van der Waals surface area contributed by atoms with E-state index >= 15 is 0 Å². The lowest BCUT2D eigenvalue weighted by molar-refractivity contribution is -0.384. The smallest absolute Gasteiger partial charge is 0.269 e. The summed E-state index contributed by atoms with van der Waals surface area (Å²) in [7, 11) is 0. The second-order valence-corrected chi connectivity index (χ2v) is 4.32. The number of rotatable bonds is 4. The molecule has 5 heteroatoms. The van der Waals surface area contributed by atoms with Gasteiger partial charge in [0.2, 0.25) is 0 Å². The van der Waals surface area contributed by atoms with Crippen LogP contribution in [0, 0.1) is 16.0 Å². The van der Waals surface area contributed by atoms with Crippen LogP contribution in [0.1, 0.15) is 12.0 Å². The highest BCUT2D eigenvalue weighted by molar-refractivity contribution is 5.33. The molecule has 1 aromatic rings. The molecule has 1 N–H and O–H groups in total. The van der Waals surface area contributed by atoms with Crippen LogP contribution < -0.4 is 0 Å². The molecule has 2 unspecified atom stereocenters. The van der Waals surface area contributed by atoms with E-state index in [0.717, 1.165) is 12.0 Å². The van der Waals surface area contributed by atoms with Gasteiger partial charge in [-0.05, 0) is 18.4 Å². The minimum absolute atomic E-state index is 0.0763. The molecule has 1 aliphatic rings. The average molecular weight is 237 g/mol. The Hall–Kier alpha value is -1.46. The quantitative estimate of drug-likeness (QED) is 0.636. The van der Waals surface area contributed by atoms with Gasteiger partial charge < -0.3 is 9.84 Å². The monoisotopic (exact) mass is 237 g/mol. The molecule has 1 heterocycles. The minimum Gasteiger partial charge on any atom is -0.392 e. The number of non-ortho nitro benzene ring substituents is 1. The summed E-state index contributed by atoms with van der Waals surface area (Å²) in [5.41, 5.74) is 0.988. The molecule has 0 bridgehead atoms. The van der Waals surface area contributed by atoms with Crippen LogP contribution in [0.4, 0.5) is 5.69 Å². The van der Waals surface area contributed by atoms with E-state index < -0.39 is 11.0 Å². The summed E-state index contributed by atoms with van der Waals surface area (Å²) in [6.07, 6.45) is 0.971. The first-order chi connectivity index (χ1) is 8.16. The van der Waals surface area contributed by atoms with E-state index in [4.69, 9.17) is 4.74 Å². The van der Waals surface area contributed by atoms with Crippen molar-refractivity contribution in [3.8, 4) is 0 Å². The Kier molecular flexibility index (Phi) is 3.71. The third-order valence-corrected chi connectivity index (χ3v) is 3.10. The molecule has 0 amide bonds. The predicted molar refractivity (Wildman–Crippen MR) is 61.7 cm³/mol. The lowest BCUT2D eigenvalue weighted by Crippen LogP contribution is -2.22. The fraction of sp³-hybridized carbons (Fsp3) is 0.500. The second-order valence-electron chi connectivity index (χ2n) is 4.32. The summed E-state index contributed by atoms with van der Waals surface area (Å²) in [6.45, 7) is 1.32. The van der Waals surface area contributed by atoms with Gasteiger partial charge in [0.05, 0.1) is 17.6 Å². The van der Waals surface area contributed by atoms with Crippen molar-refractivity contribution in [2.45, 2.75) is 18.9 Å². The van der Waals surface area contributed by atoms with Crippen molar-refractivity contribution in [2.24, 2.45) is 5.92 Å². The van der Waals surface area contributed by atoms with Crippen LogP contribution in [0.25, 0.3) is 0 Å². The maximum Gasteiger partial charge on any atom is 0.269 e. The number of nitro groups is 1. The molecule has 2 atom stereocenters. The highest BCUT2D eigenvalue weighted by atomic mass is 16.6. The molecule has 17 heavy (non-hydrogen) atoms. The van der Waals surface area contributed by atoms with Crippen LogP contribution in [0.15, 0.2) is 24.3 Å². The van der Waals surface area contributed by atoms with Crippen molar-refractivity contribution in [2.75, 3.05) is 13.2 Å². The lowest BCUT2D eigenvalue weighted by atomic mass is 9.95. The fourth-order valence-electron chi connectivity index (χ4n) is 2.02. The molecule has 1 aliphatic heterocycles. The summed E-state index contributed by atoms with van der Waals surface area (Å²) in [4.78, 5) is 10.1. The third-order valence-electron chi connectivity index (χ3n) is 3.10. The first-order valence-electron chi connectivity index (χ1n) is 5.66. The Morgan fingerprint density at radius 2 is 2.18 bits per heavy atom. The van der Waals surface area contributed by atoms with Crippen LogP contribution in [-0.4, -0.2) is 29.3 Å². The summed E-state index contributed by atoms with van der Waals surface area (Å²) in [6, 6.07) is 6.31. The number of nitro benzene ring substituents is 1. The Morgan fingerprint density at radius 3 is 2.71 bits per heavy atom. The Balaban J connectivity index is 1.96. The van der Waals surface area contributed by atoms with Gasteiger partial charge in [0.25, 0.3) is 5.69 Å².